The minimum Gasteiger partial charge on any atom is -0.454 e. The van der Waals surface area contributed by atoms with E-state index in [1.165, 1.54) is 11.1 Å². The summed E-state index contributed by atoms with van der Waals surface area (Å²) in [4.78, 5) is 0. The summed E-state index contributed by atoms with van der Waals surface area (Å²) in [6.07, 6.45) is 3.32. The van der Waals surface area contributed by atoms with Crippen molar-refractivity contribution in [1.82, 2.24) is 0 Å². The van der Waals surface area contributed by atoms with Crippen molar-refractivity contribution in [3.05, 3.63) is 11.1 Å². The molecule has 0 radical (unpaired) electrons. The molecule has 114 valence electrons. The molecular formula is C18H30O2. The molecule has 2 aliphatic rings. The van der Waals surface area contributed by atoms with Crippen LogP contribution in [0.4, 0.5) is 0 Å². The van der Waals surface area contributed by atoms with Crippen LogP contribution in [0.3, 0.4) is 0 Å². The number of hydrogen-bond acceptors (Lipinski definition) is 1. The van der Waals surface area contributed by atoms with Crippen molar-refractivity contribution in [2.75, 3.05) is 13.2 Å². The van der Waals surface area contributed by atoms with E-state index in [0.717, 1.165) is 0 Å². The van der Waals surface area contributed by atoms with Crippen LogP contribution in [0.15, 0.2) is 11.1 Å². The number of ether oxygens (including phenoxy) is 1. The van der Waals surface area contributed by atoms with Crippen LogP contribution in [-0.2, 0) is 9.16 Å². The van der Waals surface area contributed by atoms with Crippen molar-refractivity contribution >= 4 is 6.29 Å². The second-order valence-electron chi connectivity index (χ2n) is 6.88. The number of carbonyl (C=O) groups excluding carboxylic acids is 1. The summed E-state index contributed by atoms with van der Waals surface area (Å²) in [5, 5.41) is 0. The Morgan fingerprint density at radius 1 is 1.10 bits per heavy atom. The molecular weight excluding hydrogens is 248 g/mol. The highest BCUT2D eigenvalue weighted by Gasteiger charge is 2.71. The van der Waals surface area contributed by atoms with Gasteiger partial charge in [0.25, 0.3) is 0 Å². The summed E-state index contributed by atoms with van der Waals surface area (Å²) in [5.74, 6) is 0.898. The molecule has 20 heavy (non-hydrogen) atoms. The molecule has 0 spiro atoms. The predicted molar refractivity (Wildman–Crippen MR) is 83.5 cm³/mol. The summed E-state index contributed by atoms with van der Waals surface area (Å²) in [7, 11) is 0. The lowest BCUT2D eigenvalue weighted by Crippen LogP contribution is -2.54. The number of hydrogen-bond donors (Lipinski definition) is 0. The Morgan fingerprint density at radius 3 is 2.15 bits per heavy atom. The maximum atomic E-state index is 6.33. The third kappa shape index (κ3) is 1.41. The maximum absolute atomic E-state index is 6.33. The third-order valence-electron chi connectivity index (χ3n) is 6.94. The lowest BCUT2D eigenvalue weighted by atomic mass is 9.63. The lowest BCUT2D eigenvalue weighted by Gasteiger charge is -2.51. The third-order valence-corrected chi connectivity index (χ3v) is 6.94. The van der Waals surface area contributed by atoms with Gasteiger partial charge in [-0.1, -0.05) is 38.8 Å². The molecule has 2 bridgehead atoms. The predicted octanol–water partition coefficient (Wildman–Crippen LogP) is 4.08. The highest BCUT2D eigenvalue weighted by Crippen LogP contribution is 2.73. The SMILES string of the molecule is CCO[C@]1([C-]=[O+]CC)[C@@H](C)[C@]2(C)C(C)=C(C)[C@@]1(C)C2C. The topological polar surface area (TPSA) is 20.5 Å². The fraction of sp³-hybridized carbons (Fsp3) is 0.833. The van der Waals surface area contributed by atoms with Gasteiger partial charge in [-0.2, -0.15) is 0 Å². The number of allylic oxidation sites excluding steroid dienone is 1. The molecule has 0 saturated heterocycles. The van der Waals surface area contributed by atoms with E-state index in [-0.39, 0.29) is 10.8 Å². The van der Waals surface area contributed by atoms with Crippen molar-refractivity contribution in [3.8, 4) is 0 Å². The summed E-state index contributed by atoms with van der Waals surface area (Å²) in [6, 6.07) is 0. The first kappa shape index (κ1) is 15.8. The van der Waals surface area contributed by atoms with Crippen molar-refractivity contribution in [1.29, 1.82) is 0 Å². The molecule has 0 aromatic heterocycles. The van der Waals surface area contributed by atoms with Gasteiger partial charge in [-0.15, -0.1) is 0 Å². The monoisotopic (exact) mass is 278 g/mol. The first-order valence-corrected chi connectivity index (χ1v) is 7.96. The molecule has 2 aliphatic carbocycles. The molecule has 1 saturated carbocycles. The second-order valence-corrected chi connectivity index (χ2v) is 6.88. The number of rotatable bonds is 4. The molecule has 2 nitrogen and oxygen atoms in total. The molecule has 0 N–H and O–H groups in total. The van der Waals surface area contributed by atoms with Crippen LogP contribution in [-0.4, -0.2) is 25.1 Å². The Bertz CT molecular complexity index is 464. The molecule has 0 amide bonds. The summed E-state index contributed by atoms with van der Waals surface area (Å²) < 4.78 is 12.0. The molecule has 5 atom stereocenters. The Morgan fingerprint density at radius 2 is 1.70 bits per heavy atom. The zero-order valence-corrected chi connectivity index (χ0v) is 14.4. The molecule has 2 heteroatoms. The Labute approximate surface area is 124 Å². The first-order chi connectivity index (χ1) is 9.25. The van der Waals surface area contributed by atoms with Crippen LogP contribution < -0.4 is 0 Å². The highest BCUT2D eigenvalue weighted by molar-refractivity contribution is 5.72. The summed E-state index contributed by atoms with van der Waals surface area (Å²) in [5.41, 5.74) is 2.70. The van der Waals surface area contributed by atoms with Gasteiger partial charge in [0.15, 0.2) is 0 Å². The van der Waals surface area contributed by atoms with Crippen LogP contribution in [0.2, 0.25) is 0 Å². The van der Waals surface area contributed by atoms with E-state index < -0.39 is 5.60 Å². The Balaban J connectivity index is 2.69. The van der Waals surface area contributed by atoms with Crippen LogP contribution >= 0.6 is 0 Å². The van der Waals surface area contributed by atoms with Crippen LogP contribution in [0.25, 0.3) is 0 Å². The van der Waals surface area contributed by atoms with E-state index in [1.54, 1.807) is 0 Å². The van der Waals surface area contributed by atoms with Crippen molar-refractivity contribution in [3.63, 3.8) is 0 Å². The smallest absolute Gasteiger partial charge is 0.215 e. The standard InChI is InChI=1S/C18H30O2/c1-9-19-11-18(20-10-2)15(6)16(7)12(3)13(4)17(18,8)14(16)5/h14-15H,9-10H2,1-8H3/t14?,15-,16+,17-,18+/m0/s1. The fourth-order valence-corrected chi connectivity index (χ4v) is 5.12. The van der Waals surface area contributed by atoms with E-state index in [0.29, 0.717) is 25.0 Å². The van der Waals surface area contributed by atoms with Gasteiger partial charge in [0.2, 0.25) is 6.61 Å². The van der Waals surface area contributed by atoms with Gasteiger partial charge >= 0.3 is 0 Å². The Hall–Kier alpha value is -0.630. The minimum absolute atomic E-state index is 0.0313. The molecule has 0 aromatic carbocycles. The van der Waals surface area contributed by atoms with Crippen molar-refractivity contribution in [2.24, 2.45) is 22.7 Å². The van der Waals surface area contributed by atoms with E-state index >= 15 is 0 Å². The normalized spacial score (nSPS) is 47.8. The molecule has 0 aromatic rings. The second kappa shape index (κ2) is 4.69. The molecule has 1 fully saturated rings. The van der Waals surface area contributed by atoms with Crippen molar-refractivity contribution < 1.29 is 9.16 Å². The molecule has 0 aliphatic heterocycles. The highest BCUT2D eigenvalue weighted by atomic mass is 16.5. The summed E-state index contributed by atoms with van der Waals surface area (Å²) >= 11 is 0. The lowest BCUT2D eigenvalue weighted by molar-refractivity contribution is -0.0889. The van der Waals surface area contributed by atoms with Crippen LogP contribution in [0, 0.1) is 22.7 Å². The van der Waals surface area contributed by atoms with E-state index in [9.17, 15) is 0 Å². The van der Waals surface area contributed by atoms with Gasteiger partial charge in [-0.3, -0.25) is 0 Å². The summed E-state index contributed by atoms with van der Waals surface area (Å²) in [6.45, 7) is 19.4. The molecule has 1 unspecified atom stereocenters. The molecule has 2 rings (SSSR count). The molecule has 0 heterocycles. The van der Waals surface area contributed by atoms with Crippen molar-refractivity contribution in [2.45, 2.75) is 61.0 Å². The number of fused-ring (bicyclic) bond motifs is 2. The van der Waals surface area contributed by atoms with Gasteiger partial charge in [0.1, 0.15) is 0 Å². The van der Waals surface area contributed by atoms with Crippen LogP contribution in [0.5, 0.6) is 0 Å². The Kier molecular flexibility index (Phi) is 3.70. The quantitative estimate of drug-likeness (QED) is 0.431. The van der Waals surface area contributed by atoms with Gasteiger partial charge in [-0.05, 0) is 38.0 Å². The zero-order valence-electron chi connectivity index (χ0n) is 14.4. The van der Waals surface area contributed by atoms with Gasteiger partial charge in [0.05, 0.1) is 0 Å². The minimum atomic E-state index is -0.435. The van der Waals surface area contributed by atoms with E-state index in [4.69, 9.17) is 9.16 Å². The van der Waals surface area contributed by atoms with E-state index in [1.807, 2.05) is 6.92 Å². The van der Waals surface area contributed by atoms with Gasteiger partial charge < -0.3 is 9.16 Å². The average molecular weight is 278 g/mol. The van der Waals surface area contributed by atoms with Crippen LogP contribution in [0.1, 0.15) is 55.4 Å². The van der Waals surface area contributed by atoms with Gasteiger partial charge in [0, 0.05) is 30.8 Å². The fourth-order valence-electron chi connectivity index (χ4n) is 5.12. The maximum Gasteiger partial charge on any atom is 0.215 e. The zero-order chi connectivity index (χ0) is 15.3. The average Bonchev–Trinajstić information content (AvgIpc) is 2.64. The van der Waals surface area contributed by atoms with E-state index in [2.05, 4.69) is 54.8 Å². The largest absolute Gasteiger partial charge is 0.454 e. The first-order valence-electron chi connectivity index (χ1n) is 7.96. The van der Waals surface area contributed by atoms with Gasteiger partial charge in [-0.25, -0.2) is 0 Å².